The summed E-state index contributed by atoms with van der Waals surface area (Å²) in [6.45, 7) is 0.0776. The minimum atomic E-state index is -4.16. The van der Waals surface area contributed by atoms with E-state index in [1.165, 1.54) is 24.6 Å². The van der Waals surface area contributed by atoms with Crippen LogP contribution in [-0.2, 0) is 24.8 Å². The number of hydrogen-bond donors (Lipinski definition) is 3. The SMILES string of the molecule is CS(=O)(=O)Nc1ccc2c(c1)S(=O)(=O)NC(C(=O)NCC(c1ccccc1)c1ncco1)=N2. The summed E-state index contributed by atoms with van der Waals surface area (Å²) in [7, 11) is -7.76. The first-order chi connectivity index (χ1) is 15.6. The van der Waals surface area contributed by atoms with Gasteiger partial charge in [-0.05, 0) is 23.8 Å². The van der Waals surface area contributed by atoms with Crippen molar-refractivity contribution in [3.63, 3.8) is 0 Å². The van der Waals surface area contributed by atoms with Crippen molar-refractivity contribution in [1.82, 2.24) is 15.0 Å². The van der Waals surface area contributed by atoms with Crippen molar-refractivity contribution in [3.05, 3.63) is 72.4 Å². The summed E-state index contributed by atoms with van der Waals surface area (Å²) in [4.78, 5) is 20.7. The van der Waals surface area contributed by atoms with Gasteiger partial charge in [-0.25, -0.2) is 26.8 Å². The molecule has 0 fully saturated rings. The molecule has 13 heteroatoms. The van der Waals surface area contributed by atoms with Gasteiger partial charge < -0.3 is 9.73 Å². The molecule has 0 spiro atoms. The second-order valence-electron chi connectivity index (χ2n) is 7.17. The average molecular weight is 490 g/mol. The van der Waals surface area contributed by atoms with Crippen LogP contribution in [0.25, 0.3) is 0 Å². The molecule has 11 nitrogen and oxygen atoms in total. The van der Waals surface area contributed by atoms with Gasteiger partial charge in [-0.15, -0.1) is 0 Å². The molecule has 1 aliphatic heterocycles. The number of fused-ring (bicyclic) bond motifs is 1. The highest BCUT2D eigenvalue weighted by atomic mass is 32.2. The Bertz CT molecular complexity index is 1420. The highest BCUT2D eigenvalue weighted by Gasteiger charge is 2.30. The van der Waals surface area contributed by atoms with Crippen molar-refractivity contribution in [2.75, 3.05) is 17.5 Å². The number of benzene rings is 2. The van der Waals surface area contributed by atoms with Gasteiger partial charge in [0.15, 0.2) is 0 Å². The van der Waals surface area contributed by atoms with Crippen LogP contribution in [0.15, 0.2) is 75.3 Å². The maximum Gasteiger partial charge on any atom is 0.287 e. The minimum absolute atomic E-state index is 0.00487. The second kappa shape index (κ2) is 8.67. The molecule has 0 saturated carbocycles. The van der Waals surface area contributed by atoms with Gasteiger partial charge in [-0.2, -0.15) is 0 Å². The first kappa shape index (κ1) is 22.5. The van der Waals surface area contributed by atoms with E-state index in [9.17, 15) is 21.6 Å². The fourth-order valence-electron chi connectivity index (χ4n) is 3.24. The summed E-state index contributed by atoms with van der Waals surface area (Å²) in [5, 5.41) is 2.66. The molecule has 1 atom stereocenters. The number of nitrogens with zero attached hydrogens (tertiary/aromatic N) is 2. The van der Waals surface area contributed by atoms with Crippen molar-refractivity contribution in [1.29, 1.82) is 0 Å². The summed E-state index contributed by atoms with van der Waals surface area (Å²) < 4.78 is 57.9. The Balaban J connectivity index is 1.56. The maximum atomic E-state index is 12.7. The number of sulfonamides is 2. The van der Waals surface area contributed by atoms with Crippen LogP contribution in [0.3, 0.4) is 0 Å². The molecule has 1 aromatic heterocycles. The largest absolute Gasteiger partial charge is 0.448 e. The smallest absolute Gasteiger partial charge is 0.287 e. The first-order valence-corrected chi connectivity index (χ1v) is 13.0. The molecule has 0 aliphatic carbocycles. The highest BCUT2D eigenvalue weighted by Crippen LogP contribution is 2.30. The summed E-state index contributed by atoms with van der Waals surface area (Å²) >= 11 is 0. The molecule has 172 valence electrons. The molecule has 0 saturated heterocycles. The lowest BCUT2D eigenvalue weighted by Gasteiger charge is -2.20. The number of rotatable bonds is 7. The lowest BCUT2D eigenvalue weighted by molar-refractivity contribution is -0.115. The molecular weight excluding hydrogens is 470 g/mol. The molecular formula is C20H19N5O6S2. The fourth-order valence-corrected chi connectivity index (χ4v) is 4.97. The molecule has 4 rings (SSSR count). The van der Waals surface area contributed by atoms with Crippen LogP contribution in [0.5, 0.6) is 0 Å². The number of oxazole rings is 1. The van der Waals surface area contributed by atoms with Gasteiger partial charge >= 0.3 is 0 Å². The Labute approximate surface area is 190 Å². The molecule has 1 unspecified atom stereocenters. The van der Waals surface area contributed by atoms with Crippen LogP contribution in [0, 0.1) is 0 Å². The third kappa shape index (κ3) is 5.21. The second-order valence-corrected chi connectivity index (χ2v) is 10.6. The van der Waals surface area contributed by atoms with E-state index in [0.717, 1.165) is 17.9 Å². The average Bonchev–Trinajstić information content (AvgIpc) is 3.28. The number of anilines is 1. The van der Waals surface area contributed by atoms with Gasteiger partial charge in [0.05, 0.1) is 24.1 Å². The molecule has 3 N–H and O–H groups in total. The lowest BCUT2D eigenvalue weighted by Crippen LogP contribution is -2.45. The monoisotopic (exact) mass is 489 g/mol. The number of carbonyl (C=O) groups is 1. The molecule has 1 amide bonds. The van der Waals surface area contributed by atoms with Crippen LogP contribution >= 0.6 is 0 Å². The Morgan fingerprint density at radius 1 is 1.18 bits per heavy atom. The Hall–Kier alpha value is -3.71. The fraction of sp³-hybridized carbons (Fsp3) is 0.150. The van der Waals surface area contributed by atoms with Crippen molar-refractivity contribution in [2.45, 2.75) is 10.8 Å². The molecule has 2 heterocycles. The Morgan fingerprint density at radius 3 is 2.61 bits per heavy atom. The highest BCUT2D eigenvalue weighted by molar-refractivity contribution is 7.92. The number of amidine groups is 1. The Morgan fingerprint density at radius 2 is 1.94 bits per heavy atom. The molecule has 1 aliphatic rings. The number of nitrogens with one attached hydrogen (secondary N) is 3. The van der Waals surface area contributed by atoms with E-state index < -0.39 is 37.7 Å². The number of aromatic nitrogens is 1. The molecule has 3 aromatic rings. The number of carbonyl (C=O) groups excluding carboxylic acids is 1. The predicted octanol–water partition coefficient (Wildman–Crippen LogP) is 1.32. The quantitative estimate of drug-likeness (QED) is 0.451. The van der Waals surface area contributed by atoms with Gasteiger partial charge in [-0.1, -0.05) is 30.3 Å². The summed E-state index contributed by atoms with van der Waals surface area (Å²) in [6.07, 6.45) is 3.87. The summed E-state index contributed by atoms with van der Waals surface area (Å²) in [6, 6.07) is 13.1. The molecule has 33 heavy (non-hydrogen) atoms. The van der Waals surface area contributed by atoms with E-state index in [1.54, 1.807) is 0 Å². The molecule has 0 bridgehead atoms. The van der Waals surface area contributed by atoms with Crippen LogP contribution < -0.4 is 14.8 Å². The zero-order chi connectivity index (χ0) is 23.6. The van der Waals surface area contributed by atoms with E-state index >= 15 is 0 Å². The van der Waals surface area contributed by atoms with E-state index in [1.807, 2.05) is 30.3 Å². The topological polar surface area (TPSA) is 160 Å². The van der Waals surface area contributed by atoms with Gasteiger partial charge in [-0.3, -0.25) is 14.2 Å². The number of hydrogen-bond acceptors (Lipinski definition) is 8. The zero-order valence-corrected chi connectivity index (χ0v) is 18.9. The van der Waals surface area contributed by atoms with E-state index in [-0.39, 0.29) is 22.8 Å². The normalized spacial score (nSPS) is 15.5. The van der Waals surface area contributed by atoms with Crippen molar-refractivity contribution in [2.24, 2.45) is 4.99 Å². The number of amides is 1. The standard InChI is InChI=1S/C20H19N5O6S2/c1-32(27,28)24-14-7-8-16-17(11-14)33(29,30)25-18(23-16)19(26)22-12-15(20-21-9-10-31-20)13-5-3-2-4-6-13/h2-11,15,24H,12H2,1H3,(H,22,26)(H,23,25). The number of aliphatic imine (C=N–C) groups is 1. The van der Waals surface area contributed by atoms with E-state index in [2.05, 4.69) is 24.7 Å². The van der Waals surface area contributed by atoms with Gasteiger partial charge in [0.2, 0.25) is 21.7 Å². The molecule has 0 radical (unpaired) electrons. The van der Waals surface area contributed by atoms with Crippen LogP contribution in [-0.4, -0.2) is 46.4 Å². The van der Waals surface area contributed by atoms with Crippen LogP contribution in [0.1, 0.15) is 17.4 Å². The van der Waals surface area contributed by atoms with Crippen molar-refractivity contribution in [3.8, 4) is 0 Å². The minimum Gasteiger partial charge on any atom is -0.448 e. The summed E-state index contributed by atoms with van der Waals surface area (Å²) in [5.74, 6) is -1.16. The van der Waals surface area contributed by atoms with E-state index in [0.29, 0.717) is 5.89 Å². The van der Waals surface area contributed by atoms with Crippen LogP contribution in [0.4, 0.5) is 11.4 Å². The van der Waals surface area contributed by atoms with Crippen LogP contribution in [0.2, 0.25) is 0 Å². The van der Waals surface area contributed by atoms with Gasteiger partial charge in [0.25, 0.3) is 15.9 Å². The van der Waals surface area contributed by atoms with Gasteiger partial charge in [0, 0.05) is 12.2 Å². The van der Waals surface area contributed by atoms with E-state index in [4.69, 9.17) is 4.42 Å². The lowest BCUT2D eigenvalue weighted by atomic mass is 9.99. The third-order valence-electron chi connectivity index (χ3n) is 4.65. The maximum absolute atomic E-state index is 12.7. The zero-order valence-electron chi connectivity index (χ0n) is 17.2. The van der Waals surface area contributed by atoms with Gasteiger partial charge in [0.1, 0.15) is 11.2 Å². The van der Waals surface area contributed by atoms with Crippen molar-refractivity contribution >= 4 is 43.2 Å². The van der Waals surface area contributed by atoms with Crippen molar-refractivity contribution < 1.29 is 26.0 Å². The third-order valence-corrected chi connectivity index (χ3v) is 6.62. The Kier molecular flexibility index (Phi) is 5.91. The first-order valence-electron chi connectivity index (χ1n) is 9.58. The predicted molar refractivity (Wildman–Crippen MR) is 120 cm³/mol. The molecule has 2 aromatic carbocycles. The summed E-state index contributed by atoms with van der Waals surface area (Å²) in [5.41, 5.74) is 0.911.